The Morgan fingerprint density at radius 1 is 1.22 bits per heavy atom. The fourth-order valence-electron chi connectivity index (χ4n) is 4.51. The number of nitrogens with zero attached hydrogens (tertiary/aromatic N) is 2. The van der Waals surface area contributed by atoms with Gasteiger partial charge in [-0.25, -0.2) is 4.79 Å². The Morgan fingerprint density at radius 3 is 2.78 bits per heavy atom. The van der Waals surface area contributed by atoms with E-state index in [9.17, 15) is 9.59 Å². The maximum absolute atomic E-state index is 12.7. The summed E-state index contributed by atoms with van der Waals surface area (Å²) in [6.45, 7) is 4.30. The summed E-state index contributed by atoms with van der Waals surface area (Å²) in [5.41, 5.74) is 1.14. The van der Waals surface area contributed by atoms with Crippen LogP contribution in [0, 0.1) is 5.92 Å². The Morgan fingerprint density at radius 2 is 2.04 bits per heavy atom. The average Bonchev–Trinajstić information content (AvgIpc) is 3.39. The molecule has 1 aromatic carbocycles. The van der Waals surface area contributed by atoms with Gasteiger partial charge in [-0.1, -0.05) is 24.4 Å². The van der Waals surface area contributed by atoms with E-state index in [1.807, 2.05) is 0 Å². The summed E-state index contributed by atoms with van der Waals surface area (Å²) < 4.78 is 0. The number of urea groups is 1. The van der Waals surface area contributed by atoms with Crippen LogP contribution in [0.25, 0.3) is 0 Å². The second-order valence-electron chi connectivity index (χ2n) is 7.92. The molecule has 1 saturated carbocycles. The highest BCUT2D eigenvalue weighted by Gasteiger charge is 2.28. The van der Waals surface area contributed by atoms with Crippen molar-refractivity contribution in [2.75, 3.05) is 37.6 Å². The number of benzene rings is 1. The zero-order valence-corrected chi connectivity index (χ0v) is 16.3. The first-order valence-corrected chi connectivity index (χ1v) is 10.4. The highest BCUT2D eigenvalue weighted by molar-refractivity contribution is 6.34. The standard InChI is InChI=1S/C20H27ClN4O2/c21-17-6-5-15(11-18(17)25-10-8-22-20(25)27)19(26)23-16-7-9-24(13-16)12-14-3-1-2-4-14/h5-6,11,14,16H,1-4,7-10,12-13H2,(H,22,27)(H,23,26). The molecular weight excluding hydrogens is 364 g/mol. The Balaban J connectivity index is 1.36. The molecule has 3 amide bonds. The van der Waals surface area contributed by atoms with Crippen molar-refractivity contribution in [2.45, 2.75) is 38.1 Å². The maximum atomic E-state index is 12.7. The summed E-state index contributed by atoms with van der Waals surface area (Å²) in [4.78, 5) is 28.7. The minimum Gasteiger partial charge on any atom is -0.348 e. The molecule has 1 aromatic rings. The van der Waals surface area contributed by atoms with E-state index in [1.54, 1.807) is 23.1 Å². The van der Waals surface area contributed by atoms with Crippen molar-refractivity contribution in [3.05, 3.63) is 28.8 Å². The van der Waals surface area contributed by atoms with Crippen LogP contribution >= 0.6 is 11.6 Å². The van der Waals surface area contributed by atoms with Crippen LogP contribution in [-0.2, 0) is 0 Å². The fourth-order valence-corrected chi connectivity index (χ4v) is 4.72. The smallest absolute Gasteiger partial charge is 0.322 e. The number of nitrogens with one attached hydrogen (secondary N) is 2. The van der Waals surface area contributed by atoms with Crippen molar-refractivity contribution in [3.63, 3.8) is 0 Å². The quantitative estimate of drug-likeness (QED) is 0.812. The molecule has 1 unspecified atom stereocenters. The maximum Gasteiger partial charge on any atom is 0.322 e. The van der Waals surface area contributed by atoms with E-state index in [4.69, 9.17) is 11.6 Å². The molecule has 2 aliphatic heterocycles. The van der Waals surface area contributed by atoms with Gasteiger partial charge in [0, 0.05) is 44.3 Å². The second-order valence-corrected chi connectivity index (χ2v) is 8.33. The largest absolute Gasteiger partial charge is 0.348 e. The lowest BCUT2D eigenvalue weighted by Gasteiger charge is -2.20. The van der Waals surface area contributed by atoms with E-state index in [1.165, 1.54) is 32.2 Å². The lowest BCUT2D eigenvalue weighted by molar-refractivity contribution is 0.0937. The molecule has 0 radical (unpaired) electrons. The lowest BCUT2D eigenvalue weighted by Crippen LogP contribution is -2.38. The molecule has 0 bridgehead atoms. The van der Waals surface area contributed by atoms with Gasteiger partial charge in [-0.05, 0) is 43.4 Å². The van der Waals surface area contributed by atoms with E-state index in [0.717, 1.165) is 25.4 Å². The Bertz CT molecular complexity index is 720. The van der Waals surface area contributed by atoms with E-state index < -0.39 is 0 Å². The van der Waals surface area contributed by atoms with Crippen LogP contribution in [0.1, 0.15) is 42.5 Å². The summed E-state index contributed by atoms with van der Waals surface area (Å²) in [6.07, 6.45) is 6.43. The van der Waals surface area contributed by atoms with Crippen LogP contribution in [0.2, 0.25) is 5.02 Å². The predicted octanol–water partition coefficient (Wildman–Crippen LogP) is 2.86. The molecule has 146 valence electrons. The lowest BCUT2D eigenvalue weighted by atomic mass is 10.1. The van der Waals surface area contributed by atoms with Crippen molar-refractivity contribution in [3.8, 4) is 0 Å². The molecule has 2 heterocycles. The first-order valence-electron chi connectivity index (χ1n) is 9.98. The Hall–Kier alpha value is -1.79. The number of hydrogen-bond donors (Lipinski definition) is 2. The predicted molar refractivity (Wildman–Crippen MR) is 106 cm³/mol. The third-order valence-corrected chi connectivity index (χ3v) is 6.27. The Kier molecular flexibility index (Phi) is 5.55. The van der Waals surface area contributed by atoms with Gasteiger partial charge in [-0.3, -0.25) is 9.69 Å². The molecule has 7 heteroatoms. The summed E-state index contributed by atoms with van der Waals surface area (Å²) >= 11 is 6.26. The number of carbonyl (C=O) groups excluding carboxylic acids is 2. The molecular formula is C20H27ClN4O2. The van der Waals surface area contributed by atoms with E-state index in [0.29, 0.717) is 29.4 Å². The van der Waals surface area contributed by atoms with Gasteiger partial charge in [0.1, 0.15) is 0 Å². The summed E-state index contributed by atoms with van der Waals surface area (Å²) in [6, 6.07) is 5.15. The van der Waals surface area contributed by atoms with Gasteiger partial charge in [-0.2, -0.15) is 0 Å². The molecule has 6 nitrogen and oxygen atoms in total. The van der Waals surface area contributed by atoms with Crippen LogP contribution in [0.15, 0.2) is 18.2 Å². The molecule has 0 spiro atoms. The summed E-state index contributed by atoms with van der Waals surface area (Å²) in [7, 11) is 0. The van der Waals surface area contributed by atoms with E-state index in [2.05, 4.69) is 15.5 Å². The van der Waals surface area contributed by atoms with Crippen LogP contribution in [-0.4, -0.2) is 55.6 Å². The van der Waals surface area contributed by atoms with Gasteiger partial charge in [0.2, 0.25) is 0 Å². The van der Waals surface area contributed by atoms with E-state index in [-0.39, 0.29) is 18.0 Å². The molecule has 3 aliphatic rings. The highest BCUT2D eigenvalue weighted by atomic mass is 35.5. The number of anilines is 1. The number of amides is 3. The SMILES string of the molecule is O=C(NC1CCN(CC2CCCC2)C1)c1ccc(Cl)c(N2CCNC2=O)c1. The average molecular weight is 391 g/mol. The van der Waals surface area contributed by atoms with Crippen molar-refractivity contribution in [1.29, 1.82) is 0 Å². The molecule has 3 fully saturated rings. The minimum atomic E-state index is -0.173. The second kappa shape index (κ2) is 8.07. The van der Waals surface area contributed by atoms with Crippen molar-refractivity contribution in [1.82, 2.24) is 15.5 Å². The molecule has 2 saturated heterocycles. The molecule has 2 N–H and O–H groups in total. The molecule has 0 aromatic heterocycles. The monoisotopic (exact) mass is 390 g/mol. The molecule has 1 aliphatic carbocycles. The van der Waals surface area contributed by atoms with E-state index >= 15 is 0 Å². The number of likely N-dealkylation sites (tertiary alicyclic amines) is 1. The summed E-state index contributed by atoms with van der Waals surface area (Å²) in [5.74, 6) is 0.741. The number of rotatable bonds is 5. The molecule has 27 heavy (non-hydrogen) atoms. The highest BCUT2D eigenvalue weighted by Crippen LogP contribution is 2.29. The number of halogens is 1. The summed E-state index contributed by atoms with van der Waals surface area (Å²) in [5, 5.41) is 6.39. The number of carbonyl (C=O) groups is 2. The third kappa shape index (κ3) is 4.22. The van der Waals surface area contributed by atoms with Gasteiger partial charge in [-0.15, -0.1) is 0 Å². The van der Waals surface area contributed by atoms with Crippen LogP contribution < -0.4 is 15.5 Å². The van der Waals surface area contributed by atoms with Crippen LogP contribution in [0.5, 0.6) is 0 Å². The number of hydrogen-bond acceptors (Lipinski definition) is 3. The normalized spacial score (nSPS) is 23.8. The van der Waals surface area contributed by atoms with Gasteiger partial charge >= 0.3 is 6.03 Å². The third-order valence-electron chi connectivity index (χ3n) is 5.95. The topological polar surface area (TPSA) is 64.7 Å². The zero-order valence-electron chi connectivity index (χ0n) is 15.5. The Labute approximate surface area is 165 Å². The van der Waals surface area contributed by atoms with Crippen molar-refractivity contribution < 1.29 is 9.59 Å². The van der Waals surface area contributed by atoms with Gasteiger partial charge in [0.25, 0.3) is 5.91 Å². The van der Waals surface area contributed by atoms with Gasteiger partial charge < -0.3 is 15.5 Å². The first kappa shape index (κ1) is 18.6. The fraction of sp³-hybridized carbons (Fsp3) is 0.600. The van der Waals surface area contributed by atoms with Crippen LogP contribution in [0.3, 0.4) is 0 Å². The first-order chi connectivity index (χ1) is 13.1. The molecule has 1 atom stereocenters. The van der Waals surface area contributed by atoms with Crippen molar-refractivity contribution in [2.24, 2.45) is 5.92 Å². The van der Waals surface area contributed by atoms with Gasteiger partial charge in [0.05, 0.1) is 10.7 Å². The minimum absolute atomic E-state index is 0.0970. The van der Waals surface area contributed by atoms with Crippen molar-refractivity contribution >= 4 is 29.2 Å². The zero-order chi connectivity index (χ0) is 18.8. The van der Waals surface area contributed by atoms with Crippen LogP contribution in [0.4, 0.5) is 10.5 Å². The molecule has 4 rings (SSSR count). The van der Waals surface area contributed by atoms with Gasteiger partial charge in [0.15, 0.2) is 0 Å².